The topological polar surface area (TPSA) is 97.5 Å². The molecule has 1 atom stereocenters. The lowest BCUT2D eigenvalue weighted by Crippen LogP contribution is -2.40. The maximum atomic E-state index is 13.0. The van der Waals surface area contributed by atoms with Crippen LogP contribution in [0.2, 0.25) is 0 Å². The molecule has 0 spiro atoms. The lowest BCUT2D eigenvalue weighted by Gasteiger charge is -2.34. The zero-order valence-electron chi connectivity index (χ0n) is 17.3. The molecule has 0 bridgehead atoms. The van der Waals surface area contributed by atoms with Crippen LogP contribution in [0.5, 0.6) is 0 Å². The lowest BCUT2D eigenvalue weighted by molar-refractivity contribution is -0.133. The van der Waals surface area contributed by atoms with E-state index in [4.69, 9.17) is 0 Å². The molecule has 158 valence electrons. The van der Waals surface area contributed by atoms with Crippen molar-refractivity contribution < 1.29 is 13.2 Å². The molecule has 4 rings (SSSR count). The van der Waals surface area contributed by atoms with Crippen LogP contribution < -0.4 is 0 Å². The lowest BCUT2D eigenvalue weighted by atomic mass is 9.91. The Morgan fingerprint density at radius 1 is 1.13 bits per heavy atom. The van der Waals surface area contributed by atoms with E-state index >= 15 is 0 Å². The fraction of sp³-hybridized carbons (Fsp3) is 0.429. The molecule has 0 N–H and O–H groups in total. The molecule has 0 saturated carbocycles. The second kappa shape index (κ2) is 7.79. The van der Waals surface area contributed by atoms with E-state index in [2.05, 4.69) is 15.1 Å². The number of hydrogen-bond donors (Lipinski definition) is 0. The first-order valence-corrected chi connectivity index (χ1v) is 11.9. The van der Waals surface area contributed by atoms with Gasteiger partial charge in [-0.25, -0.2) is 13.4 Å². The number of sulfone groups is 1. The maximum Gasteiger partial charge on any atom is 0.252 e. The number of rotatable bonds is 4. The summed E-state index contributed by atoms with van der Waals surface area (Å²) in [5.74, 6) is 0.225. The van der Waals surface area contributed by atoms with E-state index in [1.807, 2.05) is 43.0 Å². The molecular weight excluding hydrogens is 402 g/mol. The molecular formula is C21H25N5O3S. The van der Waals surface area contributed by atoms with Crippen LogP contribution in [-0.4, -0.2) is 58.2 Å². The third-order valence-corrected chi connectivity index (χ3v) is 6.96. The molecule has 1 amide bonds. The third kappa shape index (κ3) is 3.81. The first-order valence-electron chi connectivity index (χ1n) is 9.99. The Balaban J connectivity index is 1.54. The Bertz CT molecular complexity index is 1180. The Morgan fingerprint density at radius 2 is 1.80 bits per heavy atom. The Kier molecular flexibility index (Phi) is 5.31. The highest BCUT2D eigenvalue weighted by Crippen LogP contribution is 2.33. The Morgan fingerprint density at radius 3 is 2.43 bits per heavy atom. The van der Waals surface area contributed by atoms with Gasteiger partial charge < -0.3 is 4.90 Å². The van der Waals surface area contributed by atoms with Crippen molar-refractivity contribution in [2.75, 3.05) is 19.3 Å². The summed E-state index contributed by atoms with van der Waals surface area (Å²) in [6.45, 7) is 5.10. The Labute approximate surface area is 175 Å². The van der Waals surface area contributed by atoms with Gasteiger partial charge in [0.2, 0.25) is 5.91 Å². The molecule has 0 unspecified atom stereocenters. The van der Waals surface area contributed by atoms with E-state index in [0.717, 1.165) is 11.1 Å². The summed E-state index contributed by atoms with van der Waals surface area (Å²) in [5, 5.41) is 4.20. The minimum Gasteiger partial charge on any atom is -0.342 e. The number of nitrogens with zero attached hydrogens (tertiary/aromatic N) is 5. The SMILES string of the molecule is Cc1ccc([C@H](C)C(=O)N2CCC(c3c(S(C)(=O)=O)cnc4ncnn34)CC2)cc1. The number of likely N-dealkylation sites (tertiary alicyclic amines) is 1. The van der Waals surface area contributed by atoms with Gasteiger partial charge in [-0.2, -0.15) is 14.6 Å². The van der Waals surface area contributed by atoms with Crippen LogP contribution >= 0.6 is 0 Å². The van der Waals surface area contributed by atoms with Crippen molar-refractivity contribution in [2.24, 2.45) is 0 Å². The highest BCUT2D eigenvalue weighted by molar-refractivity contribution is 7.90. The fourth-order valence-electron chi connectivity index (χ4n) is 4.08. The number of hydrogen-bond acceptors (Lipinski definition) is 6. The first kappa shape index (κ1) is 20.5. The normalized spacial score (nSPS) is 16.7. The molecule has 1 aromatic carbocycles. The van der Waals surface area contributed by atoms with E-state index in [0.29, 0.717) is 37.4 Å². The molecule has 2 aromatic heterocycles. The van der Waals surface area contributed by atoms with Gasteiger partial charge in [0.25, 0.3) is 5.78 Å². The number of aryl methyl sites for hydroxylation is 1. The summed E-state index contributed by atoms with van der Waals surface area (Å²) < 4.78 is 26.2. The average Bonchev–Trinajstić information content (AvgIpc) is 3.21. The molecule has 1 aliphatic rings. The van der Waals surface area contributed by atoms with E-state index < -0.39 is 9.84 Å². The van der Waals surface area contributed by atoms with Crippen LogP contribution in [0.4, 0.5) is 0 Å². The van der Waals surface area contributed by atoms with Crippen molar-refractivity contribution in [1.29, 1.82) is 0 Å². The number of carbonyl (C=O) groups excluding carboxylic acids is 1. The maximum absolute atomic E-state index is 13.0. The summed E-state index contributed by atoms with van der Waals surface area (Å²) in [7, 11) is -3.47. The van der Waals surface area contributed by atoms with Gasteiger partial charge in [0.05, 0.1) is 17.8 Å². The van der Waals surface area contributed by atoms with Gasteiger partial charge in [0.1, 0.15) is 11.2 Å². The quantitative estimate of drug-likeness (QED) is 0.634. The van der Waals surface area contributed by atoms with Crippen molar-refractivity contribution in [1.82, 2.24) is 24.5 Å². The average molecular weight is 428 g/mol. The van der Waals surface area contributed by atoms with Gasteiger partial charge in [-0.3, -0.25) is 4.79 Å². The standard InChI is InChI=1S/C21H25N5O3S/c1-14-4-6-16(7-5-14)15(2)20(27)25-10-8-17(9-11-25)19-18(30(3,28)29)12-22-21-23-13-24-26(19)21/h4-7,12-13,15,17H,8-11H2,1-3H3/t15-/m0/s1. The molecule has 1 aliphatic heterocycles. The number of amides is 1. The van der Waals surface area contributed by atoms with Crippen molar-refractivity contribution in [3.63, 3.8) is 0 Å². The minimum atomic E-state index is -3.47. The van der Waals surface area contributed by atoms with Crippen LogP contribution in [0, 0.1) is 6.92 Å². The molecule has 30 heavy (non-hydrogen) atoms. The van der Waals surface area contributed by atoms with Crippen molar-refractivity contribution >= 4 is 21.5 Å². The molecule has 3 heterocycles. The monoisotopic (exact) mass is 427 g/mol. The van der Waals surface area contributed by atoms with Crippen LogP contribution in [-0.2, 0) is 14.6 Å². The molecule has 8 nitrogen and oxygen atoms in total. The van der Waals surface area contributed by atoms with Gasteiger partial charge in [-0.15, -0.1) is 0 Å². The van der Waals surface area contributed by atoms with Crippen LogP contribution in [0.3, 0.4) is 0 Å². The van der Waals surface area contributed by atoms with Gasteiger partial charge in [-0.05, 0) is 32.3 Å². The van der Waals surface area contributed by atoms with Gasteiger partial charge in [-0.1, -0.05) is 29.8 Å². The van der Waals surface area contributed by atoms with Crippen LogP contribution in [0.15, 0.2) is 41.7 Å². The van der Waals surface area contributed by atoms with Crippen molar-refractivity contribution in [3.8, 4) is 0 Å². The van der Waals surface area contributed by atoms with Crippen LogP contribution in [0.25, 0.3) is 5.78 Å². The summed E-state index contributed by atoms with van der Waals surface area (Å²) in [6, 6.07) is 8.04. The third-order valence-electron chi connectivity index (χ3n) is 5.85. The number of aromatic nitrogens is 4. The predicted octanol–water partition coefficient (Wildman–Crippen LogP) is 2.35. The second-order valence-electron chi connectivity index (χ2n) is 7.98. The van der Waals surface area contributed by atoms with E-state index in [1.165, 1.54) is 23.3 Å². The Hall–Kier alpha value is -2.81. The smallest absolute Gasteiger partial charge is 0.252 e. The number of carbonyl (C=O) groups is 1. The molecule has 0 aliphatic carbocycles. The van der Waals surface area contributed by atoms with Crippen molar-refractivity contribution in [2.45, 2.75) is 43.4 Å². The molecule has 0 radical (unpaired) electrons. The summed E-state index contributed by atoms with van der Waals surface area (Å²) >= 11 is 0. The van der Waals surface area contributed by atoms with Crippen LogP contribution in [0.1, 0.15) is 48.4 Å². The van der Waals surface area contributed by atoms with Gasteiger partial charge in [0, 0.05) is 25.3 Å². The molecule has 1 saturated heterocycles. The van der Waals surface area contributed by atoms with E-state index in [9.17, 15) is 13.2 Å². The van der Waals surface area contributed by atoms with Gasteiger partial charge in [0.15, 0.2) is 9.84 Å². The summed E-state index contributed by atoms with van der Waals surface area (Å²) in [6.07, 6.45) is 5.24. The largest absolute Gasteiger partial charge is 0.342 e. The zero-order valence-corrected chi connectivity index (χ0v) is 18.1. The summed E-state index contributed by atoms with van der Waals surface area (Å²) in [4.78, 5) is 23.3. The molecule has 1 fully saturated rings. The summed E-state index contributed by atoms with van der Waals surface area (Å²) in [5.41, 5.74) is 2.78. The van der Waals surface area contributed by atoms with Gasteiger partial charge >= 0.3 is 0 Å². The number of fused-ring (bicyclic) bond motifs is 1. The highest BCUT2D eigenvalue weighted by atomic mass is 32.2. The first-order chi connectivity index (χ1) is 14.3. The predicted molar refractivity (Wildman–Crippen MR) is 112 cm³/mol. The number of piperidine rings is 1. The number of benzene rings is 1. The zero-order chi connectivity index (χ0) is 21.5. The van der Waals surface area contributed by atoms with Crippen molar-refractivity contribution in [3.05, 3.63) is 53.6 Å². The van der Waals surface area contributed by atoms with E-state index in [-0.39, 0.29) is 22.6 Å². The second-order valence-corrected chi connectivity index (χ2v) is 9.97. The minimum absolute atomic E-state index is 0.0411. The molecule has 3 aromatic rings. The fourth-order valence-corrected chi connectivity index (χ4v) is 4.96. The van der Waals surface area contributed by atoms with E-state index in [1.54, 1.807) is 0 Å². The highest BCUT2D eigenvalue weighted by Gasteiger charge is 2.31. The molecule has 9 heteroatoms.